The van der Waals surface area contributed by atoms with Crippen LogP contribution >= 0.6 is 0 Å². The first-order chi connectivity index (χ1) is 13.2. The minimum atomic E-state index is -0.916. The summed E-state index contributed by atoms with van der Waals surface area (Å²) in [5, 5.41) is 4.73. The summed E-state index contributed by atoms with van der Waals surface area (Å²) in [6.45, 7) is 7.17. The number of hydrogen-bond donors (Lipinski definition) is 1. The van der Waals surface area contributed by atoms with Gasteiger partial charge in [-0.15, -0.1) is 0 Å². The Kier molecular flexibility index (Phi) is 4.41. The molecule has 0 radical (unpaired) electrons. The molecule has 1 fully saturated rings. The highest BCUT2D eigenvalue weighted by atomic mass is 19.2. The molecule has 2 aromatic heterocycles. The lowest BCUT2D eigenvalue weighted by Crippen LogP contribution is -2.40. The third-order valence-corrected chi connectivity index (χ3v) is 4.74. The van der Waals surface area contributed by atoms with Gasteiger partial charge in [-0.25, -0.2) is 13.5 Å². The first-order valence-corrected chi connectivity index (χ1v) is 9.04. The van der Waals surface area contributed by atoms with E-state index in [-0.39, 0.29) is 11.1 Å². The van der Waals surface area contributed by atoms with Crippen molar-refractivity contribution in [2.24, 2.45) is 0 Å². The molecule has 0 saturated carbocycles. The standard InChI is InChI=1S/C19H21F2N5O2/c1-19(2,3)26-16-12(9-22-26)17(27)24-18(23-16)25-6-7-28-15(10-25)11-4-5-13(20)14(21)8-11/h4-5,8-9,15H,6-7,10H2,1-3H3,(H,23,24,27). The number of nitrogens with one attached hydrogen (secondary N) is 1. The summed E-state index contributed by atoms with van der Waals surface area (Å²) in [5.41, 5.74) is 0.430. The van der Waals surface area contributed by atoms with Crippen LogP contribution in [-0.2, 0) is 10.3 Å². The smallest absolute Gasteiger partial charge is 0.263 e. The fourth-order valence-electron chi connectivity index (χ4n) is 3.30. The van der Waals surface area contributed by atoms with Crippen LogP contribution in [-0.4, -0.2) is 39.4 Å². The van der Waals surface area contributed by atoms with Gasteiger partial charge in [0.05, 0.1) is 24.9 Å². The van der Waals surface area contributed by atoms with Crippen molar-refractivity contribution >= 4 is 17.0 Å². The maximum atomic E-state index is 13.6. The Morgan fingerprint density at radius 1 is 1.25 bits per heavy atom. The molecule has 1 unspecified atom stereocenters. The number of anilines is 1. The molecule has 1 aromatic carbocycles. The molecule has 1 aliphatic rings. The monoisotopic (exact) mass is 389 g/mol. The van der Waals surface area contributed by atoms with E-state index in [0.717, 1.165) is 12.1 Å². The summed E-state index contributed by atoms with van der Waals surface area (Å²) in [7, 11) is 0. The van der Waals surface area contributed by atoms with E-state index < -0.39 is 17.7 Å². The molecule has 0 aliphatic carbocycles. The number of aromatic amines is 1. The largest absolute Gasteiger partial charge is 0.370 e. The number of H-pyrrole nitrogens is 1. The van der Waals surface area contributed by atoms with Gasteiger partial charge in [-0.05, 0) is 38.5 Å². The normalized spacial score (nSPS) is 18.0. The van der Waals surface area contributed by atoms with E-state index in [0.29, 0.717) is 42.2 Å². The Morgan fingerprint density at radius 3 is 2.75 bits per heavy atom. The topological polar surface area (TPSA) is 76.0 Å². The van der Waals surface area contributed by atoms with Crippen LogP contribution in [0.3, 0.4) is 0 Å². The molecule has 28 heavy (non-hydrogen) atoms. The molecule has 4 rings (SSSR count). The molecule has 1 atom stereocenters. The lowest BCUT2D eigenvalue weighted by atomic mass is 10.1. The SMILES string of the molecule is CC(C)(C)n1ncc2c(=O)[nH]c(N3CCOC(c4ccc(F)c(F)c4)C3)nc21. The predicted octanol–water partition coefficient (Wildman–Crippen LogP) is 2.73. The zero-order valence-corrected chi connectivity index (χ0v) is 15.9. The number of morpholine rings is 1. The molecule has 148 valence electrons. The maximum Gasteiger partial charge on any atom is 0.263 e. The van der Waals surface area contributed by atoms with Crippen LogP contribution in [0.1, 0.15) is 32.4 Å². The fourth-order valence-corrected chi connectivity index (χ4v) is 3.30. The van der Waals surface area contributed by atoms with Crippen LogP contribution in [0.5, 0.6) is 0 Å². The molecule has 0 spiro atoms. The number of halogens is 2. The van der Waals surface area contributed by atoms with Crippen molar-refractivity contribution in [3.8, 4) is 0 Å². The van der Waals surface area contributed by atoms with E-state index in [2.05, 4.69) is 15.1 Å². The third kappa shape index (κ3) is 3.26. The zero-order valence-electron chi connectivity index (χ0n) is 15.9. The zero-order chi connectivity index (χ0) is 20.1. The molecule has 0 amide bonds. The van der Waals surface area contributed by atoms with Gasteiger partial charge in [0.1, 0.15) is 11.5 Å². The molecule has 9 heteroatoms. The van der Waals surface area contributed by atoms with Gasteiger partial charge < -0.3 is 9.64 Å². The first kappa shape index (κ1) is 18.5. The molecule has 1 aliphatic heterocycles. The Balaban J connectivity index is 1.69. The van der Waals surface area contributed by atoms with E-state index in [1.165, 1.54) is 12.3 Å². The van der Waals surface area contributed by atoms with E-state index in [9.17, 15) is 13.6 Å². The van der Waals surface area contributed by atoms with Crippen molar-refractivity contribution in [3.63, 3.8) is 0 Å². The number of hydrogen-bond acceptors (Lipinski definition) is 5. The summed E-state index contributed by atoms with van der Waals surface area (Å²) in [6.07, 6.45) is 1.05. The van der Waals surface area contributed by atoms with Crippen LogP contribution in [0.4, 0.5) is 14.7 Å². The van der Waals surface area contributed by atoms with Gasteiger partial charge >= 0.3 is 0 Å². The van der Waals surface area contributed by atoms with Crippen LogP contribution < -0.4 is 10.5 Å². The Morgan fingerprint density at radius 2 is 2.04 bits per heavy atom. The Bertz CT molecular complexity index is 1090. The molecule has 0 bridgehead atoms. The van der Waals surface area contributed by atoms with Gasteiger partial charge in [-0.1, -0.05) is 6.07 Å². The second-order valence-electron chi connectivity index (χ2n) is 7.83. The van der Waals surface area contributed by atoms with Gasteiger partial charge in [0, 0.05) is 6.54 Å². The number of benzene rings is 1. The molecular weight excluding hydrogens is 368 g/mol. The minimum Gasteiger partial charge on any atom is -0.370 e. The summed E-state index contributed by atoms with van der Waals surface area (Å²) >= 11 is 0. The van der Waals surface area contributed by atoms with Gasteiger partial charge in [-0.3, -0.25) is 9.78 Å². The van der Waals surface area contributed by atoms with Crippen molar-refractivity contribution in [1.82, 2.24) is 19.7 Å². The van der Waals surface area contributed by atoms with Crippen LogP contribution in [0.2, 0.25) is 0 Å². The molecule has 1 saturated heterocycles. The number of aromatic nitrogens is 4. The highest BCUT2D eigenvalue weighted by molar-refractivity contribution is 5.74. The third-order valence-electron chi connectivity index (χ3n) is 4.74. The van der Waals surface area contributed by atoms with Crippen molar-refractivity contribution < 1.29 is 13.5 Å². The minimum absolute atomic E-state index is 0.272. The average molecular weight is 389 g/mol. The molecule has 7 nitrogen and oxygen atoms in total. The van der Waals surface area contributed by atoms with E-state index in [1.807, 2.05) is 25.7 Å². The predicted molar refractivity (Wildman–Crippen MR) is 100 cm³/mol. The quantitative estimate of drug-likeness (QED) is 0.729. The lowest BCUT2D eigenvalue weighted by Gasteiger charge is -2.33. The van der Waals surface area contributed by atoms with Gasteiger partial charge in [0.15, 0.2) is 17.3 Å². The summed E-state index contributed by atoms with van der Waals surface area (Å²) in [5.74, 6) is -1.41. The Labute approximate surface area is 159 Å². The van der Waals surface area contributed by atoms with Crippen molar-refractivity contribution in [1.29, 1.82) is 0 Å². The number of rotatable bonds is 2. The molecule has 3 heterocycles. The molecule has 1 N–H and O–H groups in total. The number of nitrogens with zero attached hydrogens (tertiary/aromatic N) is 4. The summed E-state index contributed by atoms with van der Waals surface area (Å²) in [6, 6.07) is 3.72. The van der Waals surface area contributed by atoms with Gasteiger partial charge in [0.25, 0.3) is 5.56 Å². The first-order valence-electron chi connectivity index (χ1n) is 9.04. The summed E-state index contributed by atoms with van der Waals surface area (Å²) < 4.78 is 34.2. The number of ether oxygens (including phenoxy) is 1. The van der Waals surface area contributed by atoms with Crippen LogP contribution in [0.25, 0.3) is 11.0 Å². The molecular formula is C19H21F2N5O2. The summed E-state index contributed by atoms with van der Waals surface area (Å²) in [4.78, 5) is 21.8. The maximum absolute atomic E-state index is 13.6. The molecule has 3 aromatic rings. The van der Waals surface area contributed by atoms with Crippen molar-refractivity contribution in [2.45, 2.75) is 32.4 Å². The fraction of sp³-hybridized carbons (Fsp3) is 0.421. The second kappa shape index (κ2) is 6.66. The van der Waals surface area contributed by atoms with E-state index in [4.69, 9.17) is 4.74 Å². The van der Waals surface area contributed by atoms with Crippen LogP contribution in [0.15, 0.2) is 29.2 Å². The van der Waals surface area contributed by atoms with Crippen molar-refractivity contribution in [2.75, 3.05) is 24.6 Å². The second-order valence-corrected chi connectivity index (χ2v) is 7.83. The number of fused-ring (bicyclic) bond motifs is 1. The Hall–Kier alpha value is -2.81. The lowest BCUT2D eigenvalue weighted by molar-refractivity contribution is 0.0390. The van der Waals surface area contributed by atoms with E-state index in [1.54, 1.807) is 4.68 Å². The van der Waals surface area contributed by atoms with Gasteiger partial charge in [-0.2, -0.15) is 10.1 Å². The highest BCUT2D eigenvalue weighted by Crippen LogP contribution is 2.26. The van der Waals surface area contributed by atoms with Crippen molar-refractivity contribution in [3.05, 3.63) is 51.9 Å². The van der Waals surface area contributed by atoms with Gasteiger partial charge in [0.2, 0.25) is 5.95 Å². The highest BCUT2D eigenvalue weighted by Gasteiger charge is 2.26. The van der Waals surface area contributed by atoms with E-state index >= 15 is 0 Å². The average Bonchev–Trinajstić information content (AvgIpc) is 3.09. The van der Waals surface area contributed by atoms with Crippen LogP contribution in [0, 0.1) is 11.6 Å².